The second-order valence-electron chi connectivity index (χ2n) is 5.82. The van der Waals surface area contributed by atoms with Gasteiger partial charge in [0, 0.05) is 23.6 Å². The van der Waals surface area contributed by atoms with E-state index in [9.17, 15) is 14.9 Å². The van der Waals surface area contributed by atoms with Gasteiger partial charge in [-0.05, 0) is 44.9 Å². The van der Waals surface area contributed by atoms with Gasteiger partial charge in [-0.2, -0.15) is 10.5 Å². The molecule has 0 unspecified atom stereocenters. The van der Waals surface area contributed by atoms with E-state index in [2.05, 4.69) is 11.5 Å². The number of ketones is 1. The first-order valence-corrected chi connectivity index (χ1v) is 8.12. The van der Waals surface area contributed by atoms with Gasteiger partial charge >= 0.3 is 5.97 Å². The van der Waals surface area contributed by atoms with Gasteiger partial charge in [-0.15, -0.1) is 0 Å². The summed E-state index contributed by atoms with van der Waals surface area (Å²) in [6.45, 7) is 7.53. The Hall–Kier alpha value is -3.32. The Balaban J connectivity index is 2.98. The monoisotopic (exact) mass is 354 g/mol. The Kier molecular flexibility index (Phi) is 7.36. The van der Waals surface area contributed by atoms with E-state index in [1.807, 2.05) is 19.9 Å². The predicted octanol–water partition coefficient (Wildman–Crippen LogP) is 2.29. The van der Waals surface area contributed by atoms with Crippen LogP contribution in [0, 0.1) is 36.5 Å². The van der Waals surface area contributed by atoms with E-state index in [0.717, 1.165) is 29.9 Å². The zero-order chi connectivity index (χ0) is 19.9. The molecule has 0 amide bonds. The smallest absolute Gasteiger partial charge is 0.349 e. The fraction of sp³-hybridized carbons (Fsp3) is 0.368. The minimum absolute atomic E-state index is 0.0490. The molecule has 1 heterocycles. The van der Waals surface area contributed by atoms with Crippen molar-refractivity contribution >= 4 is 17.8 Å². The summed E-state index contributed by atoms with van der Waals surface area (Å²) in [6, 6.07) is 5.34. The number of esters is 1. The molecule has 136 valence electrons. The van der Waals surface area contributed by atoms with Gasteiger partial charge in [-0.25, -0.2) is 4.79 Å². The standard InChI is InChI=1S/C19H22N4O3/c1-5-6-23-12(2)7-15(14(23)4)8-16(9-20)19(25)26-11-18(24)17(10-21)13(3)22/h7-8H,5-6,11,22H2,1-4H3/b16-8+,17-13+. The first-order valence-electron chi connectivity index (χ1n) is 8.12. The molecule has 0 aromatic carbocycles. The predicted molar refractivity (Wildman–Crippen MR) is 96.3 cm³/mol. The van der Waals surface area contributed by atoms with Crippen LogP contribution in [-0.2, 0) is 20.9 Å². The molecule has 0 bridgehead atoms. The molecule has 0 fully saturated rings. The Morgan fingerprint density at radius 1 is 1.31 bits per heavy atom. The van der Waals surface area contributed by atoms with Crippen LogP contribution in [0.1, 0.15) is 37.2 Å². The van der Waals surface area contributed by atoms with Gasteiger partial charge in [-0.3, -0.25) is 4.79 Å². The largest absolute Gasteiger partial charge is 0.453 e. The molecule has 7 nitrogen and oxygen atoms in total. The molecule has 0 aliphatic heterocycles. The van der Waals surface area contributed by atoms with Crippen LogP contribution in [0.2, 0.25) is 0 Å². The van der Waals surface area contributed by atoms with Crippen LogP contribution < -0.4 is 5.73 Å². The zero-order valence-electron chi connectivity index (χ0n) is 15.4. The van der Waals surface area contributed by atoms with Gasteiger partial charge in [0.15, 0.2) is 6.61 Å². The molecule has 0 aliphatic carbocycles. The van der Waals surface area contributed by atoms with Gasteiger partial charge in [0.05, 0.1) is 0 Å². The van der Waals surface area contributed by atoms with E-state index >= 15 is 0 Å². The van der Waals surface area contributed by atoms with E-state index < -0.39 is 18.4 Å². The first-order chi connectivity index (χ1) is 12.3. The second kappa shape index (κ2) is 9.24. The molecule has 2 N–H and O–H groups in total. The lowest BCUT2D eigenvalue weighted by Crippen LogP contribution is -2.18. The van der Waals surface area contributed by atoms with Crippen molar-refractivity contribution in [3.63, 3.8) is 0 Å². The van der Waals surface area contributed by atoms with Gasteiger partial charge in [0.2, 0.25) is 5.78 Å². The van der Waals surface area contributed by atoms with Gasteiger partial charge in [0.1, 0.15) is 23.3 Å². The fourth-order valence-electron chi connectivity index (χ4n) is 2.49. The van der Waals surface area contributed by atoms with Crippen molar-refractivity contribution in [2.45, 2.75) is 40.7 Å². The highest BCUT2D eigenvalue weighted by molar-refractivity contribution is 6.03. The molecular weight excluding hydrogens is 332 g/mol. The lowest BCUT2D eigenvalue weighted by molar-refractivity contribution is -0.142. The second-order valence-corrected chi connectivity index (χ2v) is 5.82. The van der Waals surface area contributed by atoms with Crippen molar-refractivity contribution in [3.8, 4) is 12.1 Å². The van der Waals surface area contributed by atoms with Crippen LogP contribution in [0.15, 0.2) is 22.9 Å². The summed E-state index contributed by atoms with van der Waals surface area (Å²) >= 11 is 0. The number of aryl methyl sites for hydroxylation is 1. The number of aromatic nitrogens is 1. The Morgan fingerprint density at radius 2 is 1.96 bits per heavy atom. The molecule has 7 heteroatoms. The summed E-state index contributed by atoms with van der Waals surface area (Å²) in [5.74, 6) is -1.63. The van der Waals surface area contributed by atoms with Crippen molar-refractivity contribution in [3.05, 3.63) is 39.9 Å². The van der Waals surface area contributed by atoms with E-state index in [1.54, 1.807) is 12.1 Å². The SMILES string of the molecule is CCCn1c(C)cc(/C=C(\C#N)C(=O)OCC(=O)/C(C#N)=C(\C)N)c1C. The number of rotatable bonds is 7. The van der Waals surface area contributed by atoms with Crippen molar-refractivity contribution in [1.29, 1.82) is 10.5 Å². The highest BCUT2D eigenvalue weighted by Crippen LogP contribution is 2.19. The number of nitriles is 2. The summed E-state index contributed by atoms with van der Waals surface area (Å²) in [5.41, 5.74) is 7.71. The van der Waals surface area contributed by atoms with Gasteiger partial charge in [0.25, 0.3) is 0 Å². The van der Waals surface area contributed by atoms with Crippen molar-refractivity contribution in [2.24, 2.45) is 5.73 Å². The summed E-state index contributed by atoms with van der Waals surface area (Å²) in [6.07, 6.45) is 2.40. The van der Waals surface area contributed by atoms with Crippen molar-refractivity contribution < 1.29 is 14.3 Å². The van der Waals surface area contributed by atoms with Crippen LogP contribution in [0.3, 0.4) is 0 Å². The molecule has 0 atom stereocenters. The highest BCUT2D eigenvalue weighted by Gasteiger charge is 2.18. The number of carbonyl (C=O) groups is 2. The lowest BCUT2D eigenvalue weighted by atomic mass is 10.1. The average Bonchev–Trinajstić information content (AvgIpc) is 2.85. The number of Topliss-reactive ketones (excluding diaryl/α,β-unsaturated/α-hetero) is 1. The number of ether oxygens (including phenoxy) is 1. The van der Waals surface area contributed by atoms with Gasteiger partial charge in [-0.1, -0.05) is 6.92 Å². The van der Waals surface area contributed by atoms with E-state index in [-0.39, 0.29) is 16.8 Å². The minimum atomic E-state index is -0.923. The molecule has 1 rings (SSSR count). The maximum absolute atomic E-state index is 12.1. The van der Waals surface area contributed by atoms with Crippen LogP contribution in [0.5, 0.6) is 0 Å². The Bertz CT molecular complexity index is 857. The third kappa shape index (κ3) is 4.84. The normalized spacial score (nSPS) is 12.0. The van der Waals surface area contributed by atoms with E-state index in [4.69, 9.17) is 15.7 Å². The molecule has 0 aliphatic rings. The molecule has 0 saturated carbocycles. The third-order valence-electron chi connectivity index (χ3n) is 3.82. The van der Waals surface area contributed by atoms with Crippen LogP contribution in [-0.4, -0.2) is 22.9 Å². The summed E-state index contributed by atoms with van der Waals surface area (Å²) in [7, 11) is 0. The van der Waals surface area contributed by atoms with Crippen LogP contribution in [0.4, 0.5) is 0 Å². The topological polar surface area (TPSA) is 122 Å². The summed E-state index contributed by atoms with van der Waals surface area (Å²) < 4.78 is 6.96. The highest BCUT2D eigenvalue weighted by atomic mass is 16.5. The number of allylic oxidation sites excluding steroid dienone is 1. The third-order valence-corrected chi connectivity index (χ3v) is 3.82. The average molecular weight is 354 g/mol. The maximum atomic E-state index is 12.1. The lowest BCUT2D eigenvalue weighted by Gasteiger charge is -2.07. The first kappa shape index (κ1) is 20.7. The molecule has 1 aromatic heterocycles. The zero-order valence-corrected chi connectivity index (χ0v) is 15.4. The van der Waals surface area contributed by atoms with Crippen molar-refractivity contribution in [1.82, 2.24) is 4.57 Å². The minimum Gasteiger partial charge on any atom is -0.453 e. The molecule has 1 aromatic rings. The van der Waals surface area contributed by atoms with Crippen molar-refractivity contribution in [2.75, 3.05) is 6.61 Å². The molecule has 0 spiro atoms. The Morgan fingerprint density at radius 3 is 2.46 bits per heavy atom. The number of hydrogen-bond acceptors (Lipinski definition) is 6. The van der Waals surface area contributed by atoms with Gasteiger partial charge < -0.3 is 15.0 Å². The molecular formula is C19H22N4O3. The number of carbonyl (C=O) groups excluding carboxylic acids is 2. The molecule has 0 radical (unpaired) electrons. The molecule has 0 saturated heterocycles. The number of nitrogens with zero attached hydrogens (tertiary/aromatic N) is 3. The van der Waals surface area contributed by atoms with E-state index in [0.29, 0.717) is 0 Å². The Labute approximate surface area is 153 Å². The fourth-order valence-corrected chi connectivity index (χ4v) is 2.49. The molecule has 26 heavy (non-hydrogen) atoms. The maximum Gasteiger partial charge on any atom is 0.349 e. The summed E-state index contributed by atoms with van der Waals surface area (Å²) in [4.78, 5) is 23.9. The van der Waals surface area contributed by atoms with Crippen LogP contribution >= 0.6 is 0 Å². The number of nitrogens with two attached hydrogens (primary N) is 1. The quantitative estimate of drug-likeness (QED) is 0.455. The van der Waals surface area contributed by atoms with Crippen LogP contribution in [0.25, 0.3) is 6.08 Å². The number of hydrogen-bond donors (Lipinski definition) is 1. The summed E-state index contributed by atoms with van der Waals surface area (Å²) in [5, 5.41) is 18.1. The van der Waals surface area contributed by atoms with E-state index in [1.165, 1.54) is 13.0 Å².